The Morgan fingerprint density at radius 3 is 2.30 bits per heavy atom. The number of halogens is 4. The number of hydrogen-bond acceptors (Lipinski definition) is 2. The summed E-state index contributed by atoms with van der Waals surface area (Å²) >= 11 is 24.5. The lowest BCUT2D eigenvalue weighted by atomic mass is 10.2. The van der Waals surface area contributed by atoms with E-state index in [1.54, 1.807) is 24.4 Å². The Hall–Kier alpha value is -1.65. The molecule has 140 valence electrons. The van der Waals surface area contributed by atoms with Gasteiger partial charge in [-0.15, -0.1) is 0 Å². The van der Waals surface area contributed by atoms with Crippen LogP contribution in [0.25, 0.3) is 5.69 Å². The highest BCUT2D eigenvalue weighted by Gasteiger charge is 2.11. The largest absolute Gasteiger partial charge is 0.318 e. The standard InChI is InChI=1S/C20H17Cl4N3/c1-12-8-14(10-25-26-11-16-17(21)4-3-5-18(16)22)13(2)27(12)15-6-7-19(23)20(24)9-15/h3-10,26H,11H2,1-2H3/b25-10-. The number of aryl methyl sites for hydroxylation is 1. The molecule has 0 aliphatic carbocycles. The molecule has 0 unspecified atom stereocenters. The molecule has 3 rings (SSSR count). The molecule has 0 saturated carbocycles. The second kappa shape index (κ2) is 8.57. The lowest BCUT2D eigenvalue weighted by molar-refractivity contribution is 0.748. The van der Waals surface area contributed by atoms with E-state index in [0.29, 0.717) is 26.6 Å². The topological polar surface area (TPSA) is 29.3 Å². The molecule has 0 aliphatic rings. The number of nitrogens with zero attached hydrogens (tertiary/aromatic N) is 2. The van der Waals surface area contributed by atoms with Crippen LogP contribution < -0.4 is 5.43 Å². The van der Waals surface area contributed by atoms with Gasteiger partial charge in [0.05, 0.1) is 22.8 Å². The SMILES string of the molecule is Cc1cc(/C=N\NCc2c(Cl)cccc2Cl)c(C)n1-c1ccc(Cl)c(Cl)c1. The molecule has 0 fully saturated rings. The van der Waals surface area contributed by atoms with Crippen LogP contribution in [0.3, 0.4) is 0 Å². The Kier molecular flexibility index (Phi) is 6.38. The van der Waals surface area contributed by atoms with Crippen molar-refractivity contribution in [2.24, 2.45) is 5.10 Å². The van der Waals surface area contributed by atoms with Crippen LogP contribution in [0.4, 0.5) is 0 Å². The fourth-order valence-electron chi connectivity index (χ4n) is 2.88. The maximum Gasteiger partial charge on any atom is 0.0613 e. The summed E-state index contributed by atoms with van der Waals surface area (Å²) in [5.41, 5.74) is 7.88. The smallest absolute Gasteiger partial charge is 0.0613 e. The molecular weight excluding hydrogens is 424 g/mol. The maximum atomic E-state index is 6.17. The molecule has 1 aromatic heterocycles. The molecule has 0 amide bonds. The average molecular weight is 441 g/mol. The van der Waals surface area contributed by atoms with Crippen molar-refractivity contribution in [2.75, 3.05) is 0 Å². The van der Waals surface area contributed by atoms with Crippen molar-refractivity contribution >= 4 is 52.6 Å². The van der Waals surface area contributed by atoms with Crippen LogP contribution in [-0.4, -0.2) is 10.8 Å². The first-order chi connectivity index (χ1) is 12.9. The van der Waals surface area contributed by atoms with Crippen LogP contribution in [0.15, 0.2) is 47.6 Å². The summed E-state index contributed by atoms with van der Waals surface area (Å²) in [6.45, 7) is 4.51. The first-order valence-corrected chi connectivity index (χ1v) is 9.73. The molecule has 0 saturated heterocycles. The lowest BCUT2D eigenvalue weighted by Crippen LogP contribution is -2.07. The van der Waals surface area contributed by atoms with Crippen LogP contribution in [-0.2, 0) is 6.54 Å². The summed E-state index contributed by atoms with van der Waals surface area (Å²) in [7, 11) is 0. The molecular formula is C20H17Cl4N3. The van der Waals surface area contributed by atoms with E-state index < -0.39 is 0 Å². The fourth-order valence-corrected chi connectivity index (χ4v) is 3.70. The van der Waals surface area contributed by atoms with Gasteiger partial charge < -0.3 is 9.99 Å². The van der Waals surface area contributed by atoms with E-state index in [1.165, 1.54) is 0 Å². The normalized spacial score (nSPS) is 11.3. The average Bonchev–Trinajstić information content (AvgIpc) is 2.90. The molecule has 0 spiro atoms. The first-order valence-electron chi connectivity index (χ1n) is 8.21. The van der Waals surface area contributed by atoms with Gasteiger partial charge in [0.1, 0.15) is 0 Å². The zero-order valence-corrected chi connectivity index (χ0v) is 17.8. The molecule has 1 heterocycles. The third-order valence-electron chi connectivity index (χ3n) is 4.24. The van der Waals surface area contributed by atoms with Crippen molar-refractivity contribution in [3.63, 3.8) is 0 Å². The second-order valence-corrected chi connectivity index (χ2v) is 7.68. The lowest BCUT2D eigenvalue weighted by Gasteiger charge is -2.10. The summed E-state index contributed by atoms with van der Waals surface area (Å²) in [5.74, 6) is 0. The van der Waals surface area contributed by atoms with E-state index >= 15 is 0 Å². The molecule has 0 bridgehead atoms. The van der Waals surface area contributed by atoms with E-state index in [0.717, 1.165) is 28.2 Å². The highest BCUT2D eigenvalue weighted by atomic mass is 35.5. The van der Waals surface area contributed by atoms with Crippen molar-refractivity contribution in [1.29, 1.82) is 0 Å². The Labute approximate surface area is 178 Å². The van der Waals surface area contributed by atoms with Crippen LogP contribution in [0.2, 0.25) is 20.1 Å². The van der Waals surface area contributed by atoms with Crippen molar-refractivity contribution in [1.82, 2.24) is 9.99 Å². The number of hydrogen-bond donors (Lipinski definition) is 1. The predicted octanol–water partition coefficient (Wildman–Crippen LogP) is 6.83. The number of benzene rings is 2. The highest BCUT2D eigenvalue weighted by molar-refractivity contribution is 6.42. The van der Waals surface area contributed by atoms with Crippen LogP contribution in [0.1, 0.15) is 22.5 Å². The van der Waals surface area contributed by atoms with Gasteiger partial charge in [0.2, 0.25) is 0 Å². The molecule has 27 heavy (non-hydrogen) atoms. The number of hydrazone groups is 1. The van der Waals surface area contributed by atoms with Crippen molar-refractivity contribution < 1.29 is 0 Å². The predicted molar refractivity (Wildman–Crippen MR) is 116 cm³/mol. The Morgan fingerprint density at radius 1 is 0.926 bits per heavy atom. The van der Waals surface area contributed by atoms with Crippen LogP contribution >= 0.6 is 46.4 Å². The van der Waals surface area contributed by atoms with Crippen molar-refractivity contribution in [2.45, 2.75) is 20.4 Å². The summed E-state index contributed by atoms with van der Waals surface area (Å²) in [6.07, 6.45) is 1.78. The third-order valence-corrected chi connectivity index (χ3v) is 5.69. The zero-order valence-electron chi connectivity index (χ0n) is 14.7. The van der Waals surface area contributed by atoms with Crippen LogP contribution in [0.5, 0.6) is 0 Å². The van der Waals surface area contributed by atoms with Gasteiger partial charge in [-0.25, -0.2) is 0 Å². The molecule has 3 aromatic rings. The Morgan fingerprint density at radius 2 is 1.63 bits per heavy atom. The van der Waals surface area contributed by atoms with E-state index in [-0.39, 0.29) is 0 Å². The Balaban J connectivity index is 1.78. The van der Waals surface area contributed by atoms with E-state index in [2.05, 4.69) is 21.2 Å². The Bertz CT molecular complexity index is 988. The van der Waals surface area contributed by atoms with Gasteiger partial charge in [0.25, 0.3) is 0 Å². The molecule has 1 N–H and O–H groups in total. The molecule has 2 aromatic carbocycles. The molecule has 0 atom stereocenters. The van der Waals surface area contributed by atoms with E-state index in [9.17, 15) is 0 Å². The number of aromatic nitrogens is 1. The molecule has 3 nitrogen and oxygen atoms in total. The summed E-state index contributed by atoms with van der Waals surface area (Å²) in [4.78, 5) is 0. The molecule has 0 aliphatic heterocycles. The minimum atomic E-state index is 0.445. The molecule has 0 radical (unpaired) electrons. The van der Waals surface area contributed by atoms with Gasteiger partial charge in [0.15, 0.2) is 0 Å². The summed E-state index contributed by atoms with van der Waals surface area (Å²) in [6, 6.07) is 13.1. The maximum absolute atomic E-state index is 6.17. The second-order valence-electron chi connectivity index (χ2n) is 6.05. The van der Waals surface area contributed by atoms with Gasteiger partial charge >= 0.3 is 0 Å². The van der Waals surface area contributed by atoms with Gasteiger partial charge in [0, 0.05) is 38.2 Å². The van der Waals surface area contributed by atoms with Crippen molar-refractivity contribution in [3.05, 3.63) is 85.1 Å². The van der Waals surface area contributed by atoms with E-state index in [4.69, 9.17) is 46.4 Å². The number of nitrogens with one attached hydrogen (secondary N) is 1. The fraction of sp³-hybridized carbons (Fsp3) is 0.150. The van der Waals surface area contributed by atoms with Gasteiger partial charge in [-0.3, -0.25) is 0 Å². The quantitative estimate of drug-likeness (QED) is 0.341. The van der Waals surface area contributed by atoms with Gasteiger partial charge in [-0.2, -0.15) is 5.10 Å². The monoisotopic (exact) mass is 439 g/mol. The van der Waals surface area contributed by atoms with E-state index in [1.807, 2.05) is 32.0 Å². The van der Waals surface area contributed by atoms with Crippen molar-refractivity contribution in [3.8, 4) is 5.69 Å². The number of rotatable bonds is 5. The molecule has 7 heteroatoms. The third kappa shape index (κ3) is 4.44. The minimum Gasteiger partial charge on any atom is -0.318 e. The highest BCUT2D eigenvalue weighted by Crippen LogP contribution is 2.27. The first kappa shape index (κ1) is 20.1. The van der Waals surface area contributed by atoms with Gasteiger partial charge in [-0.05, 0) is 50.2 Å². The van der Waals surface area contributed by atoms with Gasteiger partial charge in [-0.1, -0.05) is 52.5 Å². The summed E-state index contributed by atoms with van der Waals surface area (Å²) < 4.78 is 2.11. The minimum absolute atomic E-state index is 0.445. The summed E-state index contributed by atoms with van der Waals surface area (Å²) in [5, 5.41) is 6.59. The van der Waals surface area contributed by atoms with Crippen LogP contribution in [0, 0.1) is 13.8 Å². The zero-order chi connectivity index (χ0) is 19.6.